The molecule has 0 aromatic heterocycles. The zero-order chi connectivity index (χ0) is 26.1. The smallest absolute Gasteiger partial charge is 0.422 e. The summed E-state index contributed by atoms with van der Waals surface area (Å²) < 4.78 is 47.9. The summed E-state index contributed by atoms with van der Waals surface area (Å²) in [6.07, 6.45) is -1.15. The summed E-state index contributed by atoms with van der Waals surface area (Å²) in [6.45, 7) is 4.44. The van der Waals surface area contributed by atoms with Gasteiger partial charge < -0.3 is 24.8 Å². The molecule has 2 aromatic carbocycles. The minimum absolute atomic E-state index is 0.0588. The molecule has 1 unspecified atom stereocenters. The maximum absolute atomic E-state index is 12.5. The minimum Gasteiger partial charge on any atom is -0.488 e. The molecule has 0 bridgehead atoms. The van der Waals surface area contributed by atoms with Crippen LogP contribution in [0.25, 0.3) is 0 Å². The minimum atomic E-state index is -4.41. The van der Waals surface area contributed by atoms with Crippen molar-refractivity contribution < 1.29 is 27.8 Å². The Balaban J connectivity index is 1.55. The van der Waals surface area contributed by atoms with Crippen LogP contribution >= 0.6 is 0 Å². The molecule has 2 atom stereocenters. The van der Waals surface area contributed by atoms with Gasteiger partial charge in [-0.1, -0.05) is 25.1 Å². The number of hydrogen-bond donors (Lipinski definition) is 2. The third-order valence-electron chi connectivity index (χ3n) is 6.22. The molecule has 196 valence electrons. The van der Waals surface area contributed by atoms with Crippen molar-refractivity contribution in [2.75, 3.05) is 37.8 Å². The van der Waals surface area contributed by atoms with E-state index in [1.54, 1.807) is 18.2 Å². The van der Waals surface area contributed by atoms with Gasteiger partial charge in [-0.25, -0.2) is 0 Å². The van der Waals surface area contributed by atoms with Crippen LogP contribution in [0.5, 0.6) is 11.5 Å². The predicted molar refractivity (Wildman–Crippen MR) is 133 cm³/mol. The maximum atomic E-state index is 12.5. The van der Waals surface area contributed by atoms with E-state index in [1.807, 2.05) is 13.0 Å². The molecule has 36 heavy (non-hydrogen) atoms. The zero-order valence-electron chi connectivity index (χ0n) is 20.8. The van der Waals surface area contributed by atoms with Crippen LogP contribution in [0.4, 0.5) is 18.9 Å². The van der Waals surface area contributed by atoms with E-state index in [1.165, 1.54) is 11.6 Å². The first kappa shape index (κ1) is 27.6. The second kappa shape index (κ2) is 12.8. The number of aliphatic hydroxyl groups excluding tert-OH is 1. The average Bonchev–Trinajstić information content (AvgIpc) is 3.21. The first-order valence-electron chi connectivity index (χ1n) is 12.3. The fraction of sp³-hybridized carbons (Fsp3) is 0.519. The largest absolute Gasteiger partial charge is 0.488 e. The molecule has 0 saturated heterocycles. The van der Waals surface area contributed by atoms with Crippen LogP contribution in [0.3, 0.4) is 0 Å². The molecule has 0 fully saturated rings. The van der Waals surface area contributed by atoms with E-state index in [9.17, 15) is 23.5 Å². The van der Waals surface area contributed by atoms with Crippen molar-refractivity contribution in [3.05, 3.63) is 53.1 Å². The van der Waals surface area contributed by atoms with E-state index in [4.69, 9.17) is 9.47 Å². The molecular weight excluding hydrogens is 471 g/mol. The van der Waals surface area contributed by atoms with Crippen molar-refractivity contribution in [3.63, 3.8) is 0 Å². The van der Waals surface area contributed by atoms with Gasteiger partial charge >= 0.3 is 6.18 Å². The van der Waals surface area contributed by atoms with Gasteiger partial charge in [0, 0.05) is 31.8 Å². The van der Waals surface area contributed by atoms with E-state index in [2.05, 4.69) is 29.3 Å². The number of benzene rings is 2. The number of anilines is 1. The van der Waals surface area contributed by atoms with Crippen molar-refractivity contribution in [3.8, 4) is 17.6 Å². The second-order valence-electron chi connectivity index (χ2n) is 9.06. The Kier molecular flexibility index (Phi) is 9.85. The molecule has 9 heteroatoms. The van der Waals surface area contributed by atoms with E-state index in [-0.39, 0.29) is 30.8 Å². The van der Waals surface area contributed by atoms with E-state index in [0.29, 0.717) is 24.6 Å². The van der Waals surface area contributed by atoms with Crippen molar-refractivity contribution in [2.45, 2.75) is 57.8 Å². The number of fused-ring (bicyclic) bond motifs is 1. The zero-order valence-corrected chi connectivity index (χ0v) is 20.8. The molecule has 1 aliphatic rings. The first-order valence-corrected chi connectivity index (χ1v) is 12.3. The second-order valence-corrected chi connectivity index (χ2v) is 9.06. The number of nitriles is 1. The number of para-hydroxylation sites is 2. The summed E-state index contributed by atoms with van der Waals surface area (Å²) >= 11 is 0. The van der Waals surface area contributed by atoms with Crippen molar-refractivity contribution in [2.24, 2.45) is 0 Å². The van der Waals surface area contributed by atoms with Crippen LogP contribution < -0.4 is 19.7 Å². The number of alkyl halides is 3. The number of halogens is 3. The Morgan fingerprint density at radius 1 is 1.22 bits per heavy atom. The molecule has 2 aromatic rings. The fourth-order valence-electron chi connectivity index (χ4n) is 4.65. The van der Waals surface area contributed by atoms with Gasteiger partial charge in [0.2, 0.25) is 0 Å². The summed E-state index contributed by atoms with van der Waals surface area (Å²) in [6, 6.07) is 13.2. The Morgan fingerprint density at radius 2 is 1.94 bits per heavy atom. The molecule has 3 rings (SSSR count). The lowest BCUT2D eigenvalue weighted by Gasteiger charge is -2.27. The summed E-state index contributed by atoms with van der Waals surface area (Å²) in [5, 5.41) is 22.5. The van der Waals surface area contributed by atoms with Crippen molar-refractivity contribution in [1.82, 2.24) is 5.32 Å². The molecule has 6 nitrogen and oxygen atoms in total. The third kappa shape index (κ3) is 7.52. The molecule has 0 aliphatic carbocycles. The van der Waals surface area contributed by atoms with Crippen LogP contribution in [0, 0.1) is 11.3 Å². The van der Waals surface area contributed by atoms with Crippen LogP contribution in [0.1, 0.15) is 43.4 Å². The van der Waals surface area contributed by atoms with Crippen LogP contribution in [-0.2, 0) is 12.8 Å². The highest BCUT2D eigenvalue weighted by Crippen LogP contribution is 2.37. The quantitative estimate of drug-likeness (QED) is 0.387. The highest BCUT2D eigenvalue weighted by molar-refractivity contribution is 5.69. The van der Waals surface area contributed by atoms with E-state index in [0.717, 1.165) is 37.1 Å². The van der Waals surface area contributed by atoms with Gasteiger partial charge in [-0.2, -0.15) is 18.4 Å². The summed E-state index contributed by atoms with van der Waals surface area (Å²) in [5.41, 5.74) is 3.93. The Bertz CT molecular complexity index is 1040. The highest BCUT2D eigenvalue weighted by atomic mass is 19.4. The van der Waals surface area contributed by atoms with E-state index < -0.39 is 12.8 Å². The van der Waals surface area contributed by atoms with Gasteiger partial charge in [-0.15, -0.1) is 0 Å². The highest BCUT2D eigenvalue weighted by Gasteiger charge is 2.31. The lowest BCUT2D eigenvalue weighted by molar-refractivity contribution is -0.153. The number of ether oxygens (including phenoxy) is 2. The molecule has 0 amide bonds. The Labute approximate surface area is 210 Å². The molecule has 0 radical (unpaired) electrons. The fourth-order valence-corrected chi connectivity index (χ4v) is 4.65. The summed E-state index contributed by atoms with van der Waals surface area (Å²) in [4.78, 5) is 2.27. The summed E-state index contributed by atoms with van der Waals surface area (Å²) in [5.74, 6) is 0.327. The van der Waals surface area contributed by atoms with Gasteiger partial charge in [0.1, 0.15) is 12.7 Å². The van der Waals surface area contributed by atoms with Gasteiger partial charge in [-0.3, -0.25) is 0 Å². The normalized spacial score (nSPS) is 15.9. The maximum Gasteiger partial charge on any atom is 0.422 e. The van der Waals surface area contributed by atoms with E-state index >= 15 is 0 Å². The lowest BCUT2D eigenvalue weighted by Crippen LogP contribution is -2.33. The topological polar surface area (TPSA) is 77.8 Å². The van der Waals surface area contributed by atoms with Crippen LogP contribution in [0.15, 0.2) is 36.4 Å². The van der Waals surface area contributed by atoms with Crippen molar-refractivity contribution >= 4 is 5.69 Å². The van der Waals surface area contributed by atoms with Crippen molar-refractivity contribution in [1.29, 1.82) is 5.26 Å². The predicted octanol–water partition coefficient (Wildman–Crippen LogP) is 4.62. The first-order chi connectivity index (χ1) is 17.3. The lowest BCUT2D eigenvalue weighted by atomic mass is 9.98. The van der Waals surface area contributed by atoms with Gasteiger partial charge in [0.15, 0.2) is 18.1 Å². The molecule has 2 N–H and O–H groups in total. The molecule has 1 heterocycles. The number of rotatable bonds is 13. The van der Waals surface area contributed by atoms with Crippen LogP contribution in [0.2, 0.25) is 0 Å². The number of nitrogens with one attached hydrogen (secondary N) is 1. The number of nitrogens with zero attached hydrogens (tertiary/aromatic N) is 2. The molecule has 1 aliphatic heterocycles. The number of aliphatic hydroxyl groups is 1. The SMILES string of the molecule is CC[C@@H]1Cc2cc(CC(C)NCCOc3ccccc3OCC(F)(F)F)cc(C#N)c2N1CCCO. The molecule has 0 saturated carbocycles. The van der Waals surface area contributed by atoms with Gasteiger partial charge in [0.05, 0.1) is 11.3 Å². The average molecular weight is 506 g/mol. The molecule has 0 spiro atoms. The Morgan fingerprint density at radius 3 is 2.58 bits per heavy atom. The summed E-state index contributed by atoms with van der Waals surface area (Å²) in [7, 11) is 0. The Hall–Kier alpha value is -2.96. The standard InChI is InChI=1S/C27H34F3N3O3/c1-3-23-16-21-14-20(15-22(17-31)26(21)33(23)10-6-11-34)13-19(2)32-9-12-35-24-7-4-5-8-25(24)36-18-27(28,29)30/h4-5,7-8,14-15,19,23,32,34H,3,6,9-13,16,18H2,1-2H3/t19?,23-/m1/s1. The third-order valence-corrected chi connectivity index (χ3v) is 6.22. The number of hydrogen-bond acceptors (Lipinski definition) is 6. The van der Waals surface area contributed by atoms with Gasteiger partial charge in [-0.05, 0) is 61.9 Å². The molecular formula is C27H34F3N3O3. The monoisotopic (exact) mass is 505 g/mol. The van der Waals surface area contributed by atoms with Crippen LogP contribution in [-0.4, -0.2) is 56.3 Å². The van der Waals surface area contributed by atoms with Gasteiger partial charge in [0.25, 0.3) is 0 Å².